The number of fused-ring (bicyclic) bond motifs is 3. The quantitative estimate of drug-likeness (QED) is 0.566. The van der Waals surface area contributed by atoms with E-state index in [0.717, 1.165) is 22.5 Å². The second-order valence-electron chi connectivity index (χ2n) is 5.27. The van der Waals surface area contributed by atoms with Crippen molar-refractivity contribution in [1.82, 2.24) is 19.2 Å². The van der Waals surface area contributed by atoms with Crippen LogP contribution in [0.25, 0.3) is 22.5 Å². The number of para-hydroxylation sites is 3. The molecule has 2 heterocycles. The number of aliphatic carboxylic acids is 1. The molecule has 24 heavy (non-hydrogen) atoms. The minimum Gasteiger partial charge on any atom is -0.481 e. The van der Waals surface area contributed by atoms with Crippen molar-refractivity contribution >= 4 is 34.5 Å². The van der Waals surface area contributed by atoms with E-state index >= 15 is 0 Å². The number of hydrogen-bond donors (Lipinski definition) is 1. The molecule has 0 saturated carbocycles. The van der Waals surface area contributed by atoms with Gasteiger partial charge in [-0.15, -0.1) is 10.2 Å². The summed E-state index contributed by atoms with van der Waals surface area (Å²) < 4.78 is 4.04. The highest BCUT2D eigenvalue weighted by Gasteiger charge is 2.17. The van der Waals surface area contributed by atoms with Crippen LogP contribution in [0.2, 0.25) is 0 Å². The van der Waals surface area contributed by atoms with Crippen LogP contribution in [0.3, 0.4) is 0 Å². The fourth-order valence-corrected chi connectivity index (χ4v) is 3.59. The van der Waals surface area contributed by atoms with Gasteiger partial charge in [0.15, 0.2) is 5.16 Å². The topological polar surface area (TPSA) is 72.4 Å². The van der Waals surface area contributed by atoms with Gasteiger partial charge in [-0.3, -0.25) is 13.8 Å². The second-order valence-corrected chi connectivity index (χ2v) is 6.33. The largest absolute Gasteiger partial charge is 0.481 e. The summed E-state index contributed by atoms with van der Waals surface area (Å²) in [5.41, 5.74) is 3.05. The molecule has 0 unspecified atom stereocenters. The maximum Gasteiger partial charge on any atom is 0.304 e. The van der Waals surface area contributed by atoms with Crippen molar-refractivity contribution in [3.63, 3.8) is 0 Å². The molecule has 0 aliphatic carbocycles. The molecule has 0 amide bonds. The Kier molecular flexibility index (Phi) is 3.70. The smallest absolute Gasteiger partial charge is 0.304 e. The molecule has 0 spiro atoms. The molecule has 0 aliphatic rings. The van der Waals surface area contributed by atoms with E-state index in [9.17, 15) is 4.79 Å². The SMILES string of the molecule is O=C(O)CCSc1nnc2n(-c3ccccc3)c3ccccc3n12. The second kappa shape index (κ2) is 6.01. The van der Waals surface area contributed by atoms with Crippen molar-refractivity contribution in [3.8, 4) is 5.69 Å². The van der Waals surface area contributed by atoms with Crippen LogP contribution in [0.1, 0.15) is 6.42 Å². The first kappa shape index (κ1) is 14.8. The van der Waals surface area contributed by atoms with Crippen molar-refractivity contribution in [1.29, 1.82) is 0 Å². The Morgan fingerprint density at radius 3 is 2.46 bits per heavy atom. The van der Waals surface area contributed by atoms with Gasteiger partial charge in [-0.1, -0.05) is 42.1 Å². The molecule has 2 aromatic heterocycles. The number of thioether (sulfide) groups is 1. The van der Waals surface area contributed by atoms with Crippen molar-refractivity contribution < 1.29 is 9.90 Å². The highest BCUT2D eigenvalue weighted by molar-refractivity contribution is 7.99. The molecule has 120 valence electrons. The fraction of sp³-hybridized carbons (Fsp3) is 0.118. The van der Waals surface area contributed by atoms with E-state index in [1.54, 1.807) is 0 Å². The van der Waals surface area contributed by atoms with Crippen LogP contribution in [-0.4, -0.2) is 36.0 Å². The Balaban J connectivity index is 1.90. The lowest BCUT2D eigenvalue weighted by molar-refractivity contribution is -0.136. The Labute approximate surface area is 141 Å². The van der Waals surface area contributed by atoms with E-state index in [4.69, 9.17) is 5.11 Å². The molecule has 4 rings (SSSR count). The monoisotopic (exact) mass is 338 g/mol. The number of carboxylic acid groups (broad SMARTS) is 1. The molecule has 6 nitrogen and oxygen atoms in total. The number of carbonyl (C=O) groups is 1. The van der Waals surface area contributed by atoms with Crippen LogP contribution in [0.5, 0.6) is 0 Å². The van der Waals surface area contributed by atoms with Crippen molar-refractivity contribution in [2.45, 2.75) is 11.6 Å². The summed E-state index contributed by atoms with van der Waals surface area (Å²) in [5, 5.41) is 18.1. The molecule has 0 fully saturated rings. The zero-order chi connectivity index (χ0) is 16.5. The number of hydrogen-bond acceptors (Lipinski definition) is 4. The van der Waals surface area contributed by atoms with Crippen molar-refractivity contribution in [3.05, 3.63) is 54.6 Å². The maximum atomic E-state index is 10.7. The number of carboxylic acids is 1. The van der Waals surface area contributed by atoms with Crippen LogP contribution >= 0.6 is 11.8 Å². The zero-order valence-electron chi connectivity index (χ0n) is 12.7. The Bertz CT molecular complexity index is 1020. The third kappa shape index (κ3) is 2.43. The molecular weight excluding hydrogens is 324 g/mol. The van der Waals surface area contributed by atoms with Gasteiger partial charge in [0.1, 0.15) is 0 Å². The average Bonchev–Trinajstić information content (AvgIpc) is 3.14. The molecule has 2 aromatic carbocycles. The van der Waals surface area contributed by atoms with Gasteiger partial charge in [0.05, 0.1) is 17.5 Å². The molecule has 4 aromatic rings. The predicted molar refractivity (Wildman–Crippen MR) is 92.8 cm³/mol. The molecule has 0 bridgehead atoms. The fourth-order valence-electron chi connectivity index (χ4n) is 2.72. The van der Waals surface area contributed by atoms with E-state index in [1.165, 1.54) is 11.8 Å². The Morgan fingerprint density at radius 2 is 1.71 bits per heavy atom. The number of aromatic nitrogens is 4. The van der Waals surface area contributed by atoms with Gasteiger partial charge in [0.25, 0.3) is 0 Å². The summed E-state index contributed by atoms with van der Waals surface area (Å²) in [6.45, 7) is 0. The standard InChI is InChI=1S/C17H14N4O2S/c22-15(23)10-11-24-17-19-18-16-20(12-6-2-1-3-7-12)13-8-4-5-9-14(13)21(16)17/h1-9H,10-11H2,(H,22,23). The van der Waals surface area contributed by atoms with Gasteiger partial charge < -0.3 is 5.11 Å². The van der Waals surface area contributed by atoms with Gasteiger partial charge in [0, 0.05) is 11.4 Å². The summed E-state index contributed by atoms with van der Waals surface area (Å²) in [6, 6.07) is 18.0. The maximum absolute atomic E-state index is 10.7. The van der Waals surface area contributed by atoms with Crippen molar-refractivity contribution in [2.24, 2.45) is 0 Å². The number of nitrogens with zero attached hydrogens (tertiary/aromatic N) is 4. The third-order valence-electron chi connectivity index (χ3n) is 3.74. The van der Waals surface area contributed by atoms with E-state index in [-0.39, 0.29) is 6.42 Å². The number of rotatable bonds is 5. The first-order valence-electron chi connectivity index (χ1n) is 7.50. The average molecular weight is 338 g/mol. The lowest BCUT2D eigenvalue weighted by Crippen LogP contribution is -1.96. The highest BCUT2D eigenvalue weighted by Crippen LogP contribution is 2.28. The Hall–Kier alpha value is -2.80. The van der Waals surface area contributed by atoms with E-state index < -0.39 is 5.97 Å². The summed E-state index contributed by atoms with van der Waals surface area (Å²) in [7, 11) is 0. The molecule has 0 aliphatic heterocycles. The summed E-state index contributed by atoms with van der Waals surface area (Å²) in [6.07, 6.45) is 0.0942. The van der Waals surface area contributed by atoms with Gasteiger partial charge in [-0.25, -0.2) is 0 Å². The van der Waals surface area contributed by atoms with Crippen LogP contribution in [0.4, 0.5) is 0 Å². The molecule has 1 N–H and O–H groups in total. The molecule has 7 heteroatoms. The van der Waals surface area contributed by atoms with E-state index in [0.29, 0.717) is 10.9 Å². The summed E-state index contributed by atoms with van der Waals surface area (Å²) in [5.74, 6) is 0.372. The lowest BCUT2D eigenvalue weighted by Gasteiger charge is -2.03. The number of benzene rings is 2. The third-order valence-corrected chi connectivity index (χ3v) is 4.67. The van der Waals surface area contributed by atoms with E-state index in [1.807, 2.05) is 59.0 Å². The van der Waals surface area contributed by atoms with Crippen LogP contribution in [-0.2, 0) is 4.79 Å². The number of imidazole rings is 1. The first-order valence-corrected chi connectivity index (χ1v) is 8.49. The zero-order valence-corrected chi connectivity index (χ0v) is 13.5. The van der Waals surface area contributed by atoms with Gasteiger partial charge in [0.2, 0.25) is 5.78 Å². The minimum absolute atomic E-state index is 0.0942. The Morgan fingerprint density at radius 1 is 1.00 bits per heavy atom. The normalized spacial score (nSPS) is 11.3. The van der Waals surface area contributed by atoms with E-state index in [2.05, 4.69) is 14.8 Å². The van der Waals surface area contributed by atoms with Crippen LogP contribution < -0.4 is 0 Å². The minimum atomic E-state index is -0.810. The van der Waals surface area contributed by atoms with Crippen LogP contribution in [0, 0.1) is 0 Å². The van der Waals surface area contributed by atoms with Crippen LogP contribution in [0.15, 0.2) is 59.8 Å². The molecule has 0 atom stereocenters. The molecule has 0 radical (unpaired) electrons. The van der Waals surface area contributed by atoms with Gasteiger partial charge in [-0.2, -0.15) is 0 Å². The van der Waals surface area contributed by atoms with Gasteiger partial charge in [-0.05, 0) is 24.3 Å². The predicted octanol–water partition coefficient (Wildman–Crippen LogP) is 3.24. The highest BCUT2D eigenvalue weighted by atomic mass is 32.2. The lowest BCUT2D eigenvalue weighted by atomic mass is 10.3. The summed E-state index contributed by atoms with van der Waals surface area (Å²) in [4.78, 5) is 10.7. The van der Waals surface area contributed by atoms with Gasteiger partial charge >= 0.3 is 5.97 Å². The summed E-state index contributed by atoms with van der Waals surface area (Å²) >= 11 is 1.40. The van der Waals surface area contributed by atoms with Crippen molar-refractivity contribution in [2.75, 3.05) is 5.75 Å². The molecular formula is C17H14N4O2S. The first-order chi connectivity index (χ1) is 11.8. The molecule has 0 saturated heterocycles.